The van der Waals surface area contributed by atoms with Crippen LogP contribution in [0.25, 0.3) is 0 Å². The van der Waals surface area contributed by atoms with Crippen molar-refractivity contribution >= 4 is 11.7 Å². The zero-order valence-electron chi connectivity index (χ0n) is 10.6. The predicted octanol–water partition coefficient (Wildman–Crippen LogP) is 2.30. The number of benzene rings is 1. The molecule has 3 rings (SSSR count). The maximum atomic E-state index is 11.5. The highest BCUT2D eigenvalue weighted by molar-refractivity contribution is 5.92. The molecule has 0 spiro atoms. The fourth-order valence-electron chi connectivity index (χ4n) is 2.24. The van der Waals surface area contributed by atoms with Crippen LogP contribution in [0.2, 0.25) is 0 Å². The van der Waals surface area contributed by atoms with E-state index in [-0.39, 0.29) is 12.1 Å². The first-order valence-corrected chi connectivity index (χ1v) is 6.08. The third-order valence-electron chi connectivity index (χ3n) is 3.39. The Bertz CT molecular complexity index is 607. The molecule has 0 fully saturated rings. The SMILES string of the molecule is CN1Cc2cc(C(N)c3ccoc3)ccc2NC1=O. The summed E-state index contributed by atoms with van der Waals surface area (Å²) in [5, 5.41) is 2.84. The van der Waals surface area contributed by atoms with Gasteiger partial charge in [-0.25, -0.2) is 4.79 Å². The number of nitrogens with one attached hydrogen (secondary N) is 1. The van der Waals surface area contributed by atoms with Crippen LogP contribution in [-0.4, -0.2) is 18.0 Å². The molecule has 1 aromatic carbocycles. The maximum absolute atomic E-state index is 11.5. The largest absolute Gasteiger partial charge is 0.472 e. The Morgan fingerprint density at radius 3 is 2.95 bits per heavy atom. The number of nitrogens with zero attached hydrogens (tertiary/aromatic N) is 1. The number of hydrogen-bond acceptors (Lipinski definition) is 3. The van der Waals surface area contributed by atoms with E-state index in [1.54, 1.807) is 24.5 Å². The topological polar surface area (TPSA) is 71.5 Å². The second kappa shape index (κ2) is 4.44. The average Bonchev–Trinajstić information content (AvgIpc) is 2.93. The van der Waals surface area contributed by atoms with Gasteiger partial charge in [-0.2, -0.15) is 0 Å². The molecular weight excluding hydrogens is 242 g/mol. The maximum Gasteiger partial charge on any atom is 0.321 e. The number of rotatable bonds is 2. The second-order valence-corrected chi connectivity index (χ2v) is 4.74. The molecule has 2 aromatic rings. The van der Waals surface area contributed by atoms with E-state index >= 15 is 0 Å². The van der Waals surface area contributed by atoms with Gasteiger partial charge in [0.05, 0.1) is 18.6 Å². The van der Waals surface area contributed by atoms with Gasteiger partial charge in [0.1, 0.15) is 0 Å². The molecule has 19 heavy (non-hydrogen) atoms. The van der Waals surface area contributed by atoms with Crippen molar-refractivity contribution in [2.45, 2.75) is 12.6 Å². The van der Waals surface area contributed by atoms with Gasteiger partial charge in [0.2, 0.25) is 0 Å². The molecule has 0 saturated carbocycles. The minimum atomic E-state index is -0.216. The molecule has 0 aliphatic carbocycles. The summed E-state index contributed by atoms with van der Waals surface area (Å²) in [6.07, 6.45) is 3.26. The van der Waals surface area contributed by atoms with Crippen molar-refractivity contribution in [2.24, 2.45) is 5.73 Å². The summed E-state index contributed by atoms with van der Waals surface area (Å²) in [6, 6.07) is 7.42. The fourth-order valence-corrected chi connectivity index (χ4v) is 2.24. The van der Waals surface area contributed by atoms with Gasteiger partial charge in [-0.15, -0.1) is 0 Å². The quantitative estimate of drug-likeness (QED) is 0.867. The van der Waals surface area contributed by atoms with Crippen molar-refractivity contribution in [1.29, 1.82) is 0 Å². The summed E-state index contributed by atoms with van der Waals surface area (Å²) in [5.74, 6) is 0. The van der Waals surface area contributed by atoms with Gasteiger partial charge >= 0.3 is 6.03 Å². The lowest BCUT2D eigenvalue weighted by atomic mass is 9.98. The average molecular weight is 257 g/mol. The Hall–Kier alpha value is -2.27. The number of nitrogens with two attached hydrogens (primary N) is 1. The Labute approximate surface area is 111 Å². The van der Waals surface area contributed by atoms with E-state index in [9.17, 15) is 4.79 Å². The summed E-state index contributed by atoms with van der Waals surface area (Å²) < 4.78 is 5.06. The lowest BCUT2D eigenvalue weighted by molar-refractivity contribution is 0.218. The van der Waals surface area contributed by atoms with Crippen LogP contribution >= 0.6 is 0 Å². The molecule has 1 aromatic heterocycles. The molecule has 2 amide bonds. The van der Waals surface area contributed by atoms with Crippen molar-refractivity contribution in [3.05, 3.63) is 53.5 Å². The van der Waals surface area contributed by atoms with E-state index in [2.05, 4.69) is 5.32 Å². The van der Waals surface area contributed by atoms with Gasteiger partial charge in [-0.3, -0.25) is 0 Å². The molecule has 98 valence electrons. The molecule has 0 saturated heterocycles. The zero-order chi connectivity index (χ0) is 13.4. The van der Waals surface area contributed by atoms with Crippen LogP contribution in [0.15, 0.2) is 41.2 Å². The highest BCUT2D eigenvalue weighted by Crippen LogP contribution is 2.28. The molecular formula is C14H15N3O2. The first-order chi connectivity index (χ1) is 9.15. The molecule has 0 bridgehead atoms. The fraction of sp³-hybridized carbons (Fsp3) is 0.214. The number of carbonyl (C=O) groups excluding carboxylic acids is 1. The second-order valence-electron chi connectivity index (χ2n) is 4.74. The van der Waals surface area contributed by atoms with Gasteiger partial charge in [-0.1, -0.05) is 12.1 Å². The van der Waals surface area contributed by atoms with E-state index in [0.29, 0.717) is 6.54 Å². The number of anilines is 1. The first kappa shape index (κ1) is 11.8. The lowest BCUT2D eigenvalue weighted by Crippen LogP contribution is -2.35. The number of furan rings is 1. The predicted molar refractivity (Wildman–Crippen MR) is 71.7 cm³/mol. The molecule has 3 N–H and O–H groups in total. The summed E-state index contributed by atoms with van der Waals surface area (Å²) in [5.41, 5.74) is 10.1. The highest BCUT2D eigenvalue weighted by Gasteiger charge is 2.20. The lowest BCUT2D eigenvalue weighted by Gasteiger charge is -2.26. The molecule has 5 heteroatoms. The number of carbonyl (C=O) groups is 1. The van der Waals surface area contributed by atoms with Crippen LogP contribution < -0.4 is 11.1 Å². The van der Waals surface area contributed by atoms with E-state index in [1.165, 1.54) is 0 Å². The summed E-state index contributed by atoms with van der Waals surface area (Å²) in [6.45, 7) is 0.590. The van der Waals surface area contributed by atoms with Gasteiger partial charge in [-0.05, 0) is 23.3 Å². The minimum Gasteiger partial charge on any atom is -0.472 e. The van der Waals surface area contributed by atoms with Crippen LogP contribution in [0.5, 0.6) is 0 Å². The summed E-state index contributed by atoms with van der Waals surface area (Å²) in [7, 11) is 1.76. The van der Waals surface area contributed by atoms with Crippen LogP contribution in [0.4, 0.5) is 10.5 Å². The number of hydrogen-bond donors (Lipinski definition) is 2. The van der Waals surface area contributed by atoms with Crippen LogP contribution in [0, 0.1) is 0 Å². The van der Waals surface area contributed by atoms with Gasteiger partial charge < -0.3 is 20.4 Å². The van der Waals surface area contributed by atoms with Gasteiger partial charge in [0, 0.05) is 24.8 Å². The molecule has 1 atom stereocenters. The Morgan fingerprint density at radius 1 is 1.37 bits per heavy atom. The summed E-state index contributed by atoms with van der Waals surface area (Å²) >= 11 is 0. The van der Waals surface area contributed by atoms with Crippen molar-refractivity contribution in [3.8, 4) is 0 Å². The van der Waals surface area contributed by atoms with Crippen LogP contribution in [-0.2, 0) is 6.54 Å². The minimum absolute atomic E-state index is 0.0839. The molecule has 0 radical (unpaired) electrons. The third-order valence-corrected chi connectivity index (χ3v) is 3.39. The van der Waals surface area contributed by atoms with Crippen LogP contribution in [0.3, 0.4) is 0 Å². The van der Waals surface area contributed by atoms with E-state index in [1.807, 2.05) is 24.3 Å². The molecule has 1 aliphatic heterocycles. The Morgan fingerprint density at radius 2 is 2.21 bits per heavy atom. The van der Waals surface area contributed by atoms with Crippen LogP contribution in [0.1, 0.15) is 22.7 Å². The van der Waals surface area contributed by atoms with Crippen molar-refractivity contribution in [3.63, 3.8) is 0 Å². The molecule has 2 heterocycles. The van der Waals surface area contributed by atoms with E-state index in [0.717, 1.165) is 22.4 Å². The van der Waals surface area contributed by atoms with E-state index < -0.39 is 0 Å². The monoisotopic (exact) mass is 257 g/mol. The standard InChI is InChI=1S/C14H15N3O2/c1-17-7-11-6-9(2-3-12(11)16-14(17)18)13(15)10-4-5-19-8-10/h2-6,8,13H,7,15H2,1H3,(H,16,18). The molecule has 1 unspecified atom stereocenters. The smallest absolute Gasteiger partial charge is 0.321 e. The normalized spacial score (nSPS) is 15.9. The zero-order valence-corrected chi connectivity index (χ0v) is 10.6. The molecule has 5 nitrogen and oxygen atoms in total. The van der Waals surface area contributed by atoms with Gasteiger partial charge in [0.15, 0.2) is 0 Å². The Kier molecular flexibility index (Phi) is 2.76. The number of amides is 2. The number of fused-ring (bicyclic) bond motifs is 1. The highest BCUT2D eigenvalue weighted by atomic mass is 16.3. The molecule has 1 aliphatic rings. The Balaban J connectivity index is 1.93. The number of urea groups is 1. The summed E-state index contributed by atoms with van der Waals surface area (Å²) in [4.78, 5) is 13.2. The third kappa shape index (κ3) is 2.08. The van der Waals surface area contributed by atoms with Crippen molar-refractivity contribution < 1.29 is 9.21 Å². The van der Waals surface area contributed by atoms with Crippen molar-refractivity contribution in [2.75, 3.05) is 12.4 Å². The van der Waals surface area contributed by atoms with Crippen molar-refractivity contribution in [1.82, 2.24) is 4.90 Å². The van der Waals surface area contributed by atoms with Gasteiger partial charge in [0.25, 0.3) is 0 Å². The van der Waals surface area contributed by atoms with E-state index in [4.69, 9.17) is 10.2 Å². The first-order valence-electron chi connectivity index (χ1n) is 6.08.